The zero-order valence-electron chi connectivity index (χ0n) is 29.1. The quantitative estimate of drug-likeness (QED) is 0.430. The smallest absolute Gasteiger partial charge is 0.264 e. The molecule has 270 valence electrons. The number of likely N-dealkylation sites (tertiary alicyclic amines) is 1. The topological polar surface area (TPSA) is 125 Å². The Morgan fingerprint density at radius 2 is 1.94 bits per heavy atom. The highest BCUT2D eigenvalue weighted by atomic mass is 35.5. The van der Waals surface area contributed by atoms with E-state index in [9.17, 15) is 23.1 Å². The Bertz CT molecular complexity index is 1790. The van der Waals surface area contributed by atoms with Crippen molar-refractivity contribution in [2.45, 2.75) is 81.7 Å². The molecule has 3 heterocycles. The van der Waals surface area contributed by atoms with Crippen LogP contribution in [-0.4, -0.2) is 86.6 Å². The zero-order valence-corrected chi connectivity index (χ0v) is 30.6. The molecule has 1 saturated carbocycles. The lowest BCUT2D eigenvalue weighted by Crippen LogP contribution is -2.62. The van der Waals surface area contributed by atoms with Crippen molar-refractivity contribution in [2.75, 3.05) is 44.3 Å². The molecule has 50 heavy (non-hydrogen) atoms. The van der Waals surface area contributed by atoms with Gasteiger partial charge in [0.15, 0.2) is 0 Å². The number of rotatable bonds is 3. The molecule has 2 amide bonds. The van der Waals surface area contributed by atoms with Gasteiger partial charge in [-0.1, -0.05) is 36.7 Å². The van der Waals surface area contributed by atoms with Crippen LogP contribution in [0.2, 0.25) is 5.02 Å². The lowest BCUT2D eigenvalue weighted by Gasteiger charge is -2.46. The van der Waals surface area contributed by atoms with E-state index < -0.39 is 26.8 Å². The van der Waals surface area contributed by atoms with E-state index in [2.05, 4.69) is 21.8 Å². The fourth-order valence-electron chi connectivity index (χ4n) is 8.53. The first-order chi connectivity index (χ1) is 23.7. The largest absolute Gasteiger partial charge is 0.490 e. The number of carbonyl (C=O) groups is 2. The Balaban J connectivity index is 1.24. The van der Waals surface area contributed by atoms with Gasteiger partial charge in [0.25, 0.3) is 5.91 Å². The molecule has 3 aliphatic heterocycles. The number of carbonyl (C=O) groups excluding carboxylic acids is 2. The summed E-state index contributed by atoms with van der Waals surface area (Å²) in [6.45, 7) is 7.48. The Hall–Kier alpha value is -3.12. The van der Waals surface area contributed by atoms with Gasteiger partial charge in [-0.2, -0.15) is 0 Å². The monoisotopic (exact) mass is 725 g/mol. The van der Waals surface area contributed by atoms with Gasteiger partial charge in [-0.05, 0) is 112 Å². The van der Waals surface area contributed by atoms with Crippen LogP contribution in [0.25, 0.3) is 0 Å². The van der Waals surface area contributed by atoms with Crippen LogP contribution in [0.5, 0.6) is 5.75 Å². The molecule has 2 aromatic carbocycles. The molecule has 12 heteroatoms. The molecule has 0 aromatic heterocycles. The second kappa shape index (κ2) is 13.5. The summed E-state index contributed by atoms with van der Waals surface area (Å²) in [7, 11) is -3.99. The number of sulfonamides is 1. The zero-order chi connectivity index (χ0) is 35.4. The number of allylic oxidation sites excluding steroid dienone is 1. The summed E-state index contributed by atoms with van der Waals surface area (Å²) >= 11 is 6.44. The molecule has 10 nitrogen and oxygen atoms in total. The summed E-state index contributed by atoms with van der Waals surface area (Å²) in [5, 5.41) is 10.0. The first-order valence-corrected chi connectivity index (χ1v) is 19.8. The van der Waals surface area contributed by atoms with Gasteiger partial charge in [-0.3, -0.25) is 9.59 Å². The minimum Gasteiger partial charge on any atom is -0.490 e. The number of hydrogen-bond donors (Lipinski definition) is 2. The number of nitrogens with zero attached hydrogens (tertiary/aromatic N) is 2. The number of amides is 2. The highest BCUT2D eigenvalue weighted by Gasteiger charge is 2.45. The van der Waals surface area contributed by atoms with E-state index in [0.717, 1.165) is 37.8 Å². The second-order valence-corrected chi connectivity index (χ2v) is 18.1. The van der Waals surface area contributed by atoms with Gasteiger partial charge in [-0.15, -0.1) is 0 Å². The van der Waals surface area contributed by atoms with Crippen molar-refractivity contribution >= 4 is 39.1 Å². The van der Waals surface area contributed by atoms with E-state index in [0.29, 0.717) is 36.9 Å². The third-order valence-electron chi connectivity index (χ3n) is 11.8. The SMILES string of the molecule is C[C@@H]1[C@@H](C)C/C=C\[C@H](OCC(=O)N2CC(C)(O)C2)[C@@H]2CC[C@H]2CN2C[C@@]3(CCCc4cc(Cl)ccc43)COc3ccc(cc32)C(=O)NS1(=O)=O. The number of hydrogen-bond acceptors (Lipinski definition) is 8. The van der Waals surface area contributed by atoms with Crippen molar-refractivity contribution in [1.29, 1.82) is 0 Å². The average Bonchev–Trinajstić information content (AvgIpc) is 3.19. The summed E-state index contributed by atoms with van der Waals surface area (Å²) in [5.74, 6) is -0.0636. The molecule has 2 bridgehead atoms. The van der Waals surface area contributed by atoms with E-state index in [1.54, 1.807) is 36.9 Å². The van der Waals surface area contributed by atoms with Crippen molar-refractivity contribution in [3.8, 4) is 5.75 Å². The number of benzene rings is 2. The van der Waals surface area contributed by atoms with E-state index in [4.69, 9.17) is 21.1 Å². The van der Waals surface area contributed by atoms with Crippen molar-refractivity contribution < 1.29 is 32.6 Å². The van der Waals surface area contributed by atoms with E-state index >= 15 is 0 Å². The maximum absolute atomic E-state index is 13.5. The predicted molar refractivity (Wildman–Crippen MR) is 192 cm³/mol. The molecule has 7 rings (SSSR count). The van der Waals surface area contributed by atoms with Crippen molar-refractivity contribution in [3.05, 3.63) is 70.3 Å². The van der Waals surface area contributed by atoms with Crippen LogP contribution in [-0.2, 0) is 31.4 Å². The first kappa shape index (κ1) is 35.3. The number of β-amino-alcohol motifs (C(OH)–C–C–N with tert-alkyl or cyclic N) is 1. The van der Waals surface area contributed by atoms with Crippen LogP contribution in [0.15, 0.2) is 48.6 Å². The number of anilines is 1. The van der Waals surface area contributed by atoms with Gasteiger partial charge in [-0.25, -0.2) is 13.1 Å². The Labute approximate surface area is 300 Å². The molecule has 0 radical (unpaired) electrons. The summed E-state index contributed by atoms with van der Waals surface area (Å²) < 4.78 is 42.1. The van der Waals surface area contributed by atoms with Crippen molar-refractivity contribution in [1.82, 2.24) is 9.62 Å². The van der Waals surface area contributed by atoms with Gasteiger partial charge in [0.1, 0.15) is 12.4 Å². The normalized spacial score (nSPS) is 32.3. The number of aryl methyl sites for hydroxylation is 1. The molecule has 2 aliphatic carbocycles. The molecule has 5 aliphatic rings. The van der Waals surface area contributed by atoms with Crippen molar-refractivity contribution in [3.63, 3.8) is 0 Å². The van der Waals surface area contributed by atoms with Gasteiger partial charge in [0.2, 0.25) is 15.9 Å². The van der Waals surface area contributed by atoms with Gasteiger partial charge >= 0.3 is 0 Å². The van der Waals surface area contributed by atoms with Crippen molar-refractivity contribution in [2.24, 2.45) is 17.8 Å². The number of aliphatic hydroxyl groups is 1. The molecule has 6 atom stereocenters. The third kappa shape index (κ3) is 6.90. The van der Waals surface area contributed by atoms with Crippen LogP contribution in [0.3, 0.4) is 0 Å². The molecule has 1 saturated heterocycles. The number of ether oxygens (including phenoxy) is 2. The maximum atomic E-state index is 13.5. The average molecular weight is 726 g/mol. The van der Waals surface area contributed by atoms with Crippen LogP contribution < -0.4 is 14.4 Å². The third-order valence-corrected chi connectivity index (χ3v) is 14.0. The van der Waals surface area contributed by atoms with Crippen LogP contribution in [0, 0.1) is 17.8 Å². The summed E-state index contributed by atoms with van der Waals surface area (Å²) in [5.41, 5.74) is 2.32. The predicted octanol–water partition coefficient (Wildman–Crippen LogP) is 4.86. The highest BCUT2D eigenvalue weighted by Crippen LogP contribution is 2.47. The minimum atomic E-state index is -3.99. The first-order valence-electron chi connectivity index (χ1n) is 17.9. The minimum absolute atomic E-state index is 0.0904. The number of fused-ring (bicyclic) bond motifs is 4. The second-order valence-electron chi connectivity index (χ2n) is 15.6. The van der Waals surface area contributed by atoms with E-state index in [1.807, 2.05) is 25.1 Å². The Kier molecular flexibility index (Phi) is 9.50. The summed E-state index contributed by atoms with van der Waals surface area (Å²) in [6, 6.07) is 11.3. The fourth-order valence-corrected chi connectivity index (χ4v) is 10.0. The highest BCUT2D eigenvalue weighted by molar-refractivity contribution is 7.90. The number of nitrogens with one attached hydrogen (secondary N) is 1. The molecular weight excluding hydrogens is 678 g/mol. The lowest BCUT2D eigenvalue weighted by atomic mass is 9.68. The molecule has 2 fully saturated rings. The molecular formula is C38H48ClN3O7S. The van der Waals surface area contributed by atoms with Crippen LogP contribution in [0.4, 0.5) is 5.69 Å². The summed E-state index contributed by atoms with van der Waals surface area (Å²) in [6.07, 6.45) is 8.87. The van der Waals surface area contributed by atoms with Gasteiger partial charge in [0.05, 0.1) is 42.3 Å². The van der Waals surface area contributed by atoms with E-state index in [-0.39, 0.29) is 60.4 Å². The van der Waals surface area contributed by atoms with E-state index in [1.165, 1.54) is 11.1 Å². The summed E-state index contributed by atoms with van der Waals surface area (Å²) in [4.78, 5) is 30.4. The number of halogens is 1. The lowest BCUT2D eigenvalue weighted by molar-refractivity contribution is -0.159. The van der Waals surface area contributed by atoms with Gasteiger partial charge < -0.3 is 24.4 Å². The molecule has 2 N–H and O–H groups in total. The van der Waals surface area contributed by atoms with Crippen LogP contribution in [0.1, 0.15) is 74.4 Å². The maximum Gasteiger partial charge on any atom is 0.264 e. The Morgan fingerprint density at radius 3 is 2.68 bits per heavy atom. The molecule has 2 aromatic rings. The Morgan fingerprint density at radius 1 is 1.14 bits per heavy atom. The van der Waals surface area contributed by atoms with Crippen LogP contribution >= 0.6 is 11.6 Å². The fraction of sp³-hybridized carbons (Fsp3) is 0.579. The molecule has 1 spiro atoms. The standard InChI is InChI=1S/C38H48ClN3O7S/c1-24-6-4-8-33(48-19-35(43)42-20-37(3,45)21-42)30-12-9-28(30)18-41-22-38(15-5-7-26-16-29(39)11-13-31(26)38)23-49-34-14-10-27(17-32(34)41)36(44)40-50(46,47)25(24)2/h4,8,10-11,13-14,16-17,24-25,28,30,33,45H,5-7,9,12,15,18-23H2,1-3H3,(H,40,44)/b8-4-/t24-,25+,28-,30+,33-,38-/m0/s1. The molecule has 0 unspecified atom stereocenters. The van der Waals surface area contributed by atoms with Gasteiger partial charge in [0, 0.05) is 29.1 Å².